The van der Waals surface area contributed by atoms with Crippen LogP contribution in [0.5, 0.6) is 5.75 Å². The van der Waals surface area contributed by atoms with Gasteiger partial charge in [0.2, 0.25) is 0 Å². The van der Waals surface area contributed by atoms with E-state index in [0.717, 1.165) is 24.5 Å². The Hall–Kier alpha value is -3.28. The Morgan fingerprint density at radius 2 is 1.58 bits per heavy atom. The highest BCUT2D eigenvalue weighted by Gasteiger charge is 2.38. The van der Waals surface area contributed by atoms with Gasteiger partial charge in [-0.05, 0) is 81.5 Å². The molecule has 0 bridgehead atoms. The van der Waals surface area contributed by atoms with E-state index in [1.807, 2.05) is 57.2 Å². The first-order valence-corrected chi connectivity index (χ1v) is 12.0. The van der Waals surface area contributed by atoms with Gasteiger partial charge in [-0.15, -0.1) is 0 Å². The number of carbonyl (C=O) groups excluding carboxylic acids is 2. The maximum atomic E-state index is 13.2. The van der Waals surface area contributed by atoms with Crippen LogP contribution in [-0.2, 0) is 9.59 Å². The van der Waals surface area contributed by atoms with E-state index in [1.165, 1.54) is 29.8 Å². The van der Waals surface area contributed by atoms with Crippen LogP contribution in [0.3, 0.4) is 0 Å². The van der Waals surface area contributed by atoms with Crippen LogP contribution in [0.25, 0.3) is 5.57 Å². The lowest BCUT2D eigenvalue weighted by molar-refractivity contribution is -0.136. The number of nitrogens with zero attached hydrogens (tertiary/aromatic N) is 2. The standard InChI is InChI=1S/C27H33N3O3/c1-4-16-30-26(31)24(20-8-14-23(15-9-20)33-19(2)3)25(27(30)32)28-21-10-12-22(13-11-21)29-17-6-5-7-18-29/h8-15,19,28H,4-7,16-18H2,1-3H3. The maximum absolute atomic E-state index is 13.2. The van der Waals surface area contributed by atoms with Crippen LogP contribution in [0.4, 0.5) is 11.4 Å². The molecule has 0 spiro atoms. The lowest BCUT2D eigenvalue weighted by Gasteiger charge is -2.28. The molecule has 0 unspecified atom stereocenters. The molecule has 2 amide bonds. The van der Waals surface area contributed by atoms with Crippen molar-refractivity contribution in [3.8, 4) is 5.75 Å². The van der Waals surface area contributed by atoms with Crippen molar-refractivity contribution in [1.82, 2.24) is 4.90 Å². The fourth-order valence-electron chi connectivity index (χ4n) is 4.41. The summed E-state index contributed by atoms with van der Waals surface area (Å²) in [5.41, 5.74) is 3.43. The first-order chi connectivity index (χ1) is 16.0. The summed E-state index contributed by atoms with van der Waals surface area (Å²) in [6.07, 6.45) is 4.52. The van der Waals surface area contributed by atoms with E-state index in [1.54, 1.807) is 0 Å². The molecule has 174 valence electrons. The molecule has 1 saturated heterocycles. The predicted molar refractivity (Wildman–Crippen MR) is 132 cm³/mol. The van der Waals surface area contributed by atoms with Gasteiger partial charge in [0.05, 0.1) is 11.7 Å². The number of nitrogens with one attached hydrogen (secondary N) is 1. The topological polar surface area (TPSA) is 61.9 Å². The molecule has 0 radical (unpaired) electrons. The number of hydrogen-bond donors (Lipinski definition) is 1. The Labute approximate surface area is 196 Å². The van der Waals surface area contributed by atoms with Crippen LogP contribution in [0.15, 0.2) is 54.2 Å². The van der Waals surface area contributed by atoms with E-state index in [0.29, 0.717) is 29.8 Å². The smallest absolute Gasteiger partial charge is 0.278 e. The Balaban J connectivity index is 1.62. The van der Waals surface area contributed by atoms with Crippen molar-refractivity contribution in [1.29, 1.82) is 0 Å². The van der Waals surface area contributed by atoms with Gasteiger partial charge in [-0.25, -0.2) is 0 Å². The van der Waals surface area contributed by atoms with Gasteiger partial charge >= 0.3 is 0 Å². The molecular weight excluding hydrogens is 414 g/mol. The molecule has 0 aliphatic carbocycles. The second-order valence-electron chi connectivity index (χ2n) is 8.92. The quantitative estimate of drug-likeness (QED) is 0.573. The average molecular weight is 448 g/mol. The van der Waals surface area contributed by atoms with Gasteiger partial charge in [-0.3, -0.25) is 14.5 Å². The molecule has 2 aliphatic rings. The zero-order valence-electron chi connectivity index (χ0n) is 19.8. The third-order valence-corrected chi connectivity index (χ3v) is 5.99. The van der Waals surface area contributed by atoms with Crippen molar-refractivity contribution in [2.75, 3.05) is 29.9 Å². The second kappa shape index (κ2) is 10.1. The Morgan fingerprint density at radius 1 is 0.909 bits per heavy atom. The molecule has 1 N–H and O–H groups in total. The number of rotatable bonds is 8. The third-order valence-electron chi connectivity index (χ3n) is 5.99. The van der Waals surface area contributed by atoms with Gasteiger partial charge < -0.3 is 15.0 Å². The van der Waals surface area contributed by atoms with Gasteiger partial charge in [-0.1, -0.05) is 19.1 Å². The number of piperidine rings is 1. The summed E-state index contributed by atoms with van der Waals surface area (Å²) < 4.78 is 5.73. The SMILES string of the molecule is CCCN1C(=O)C(Nc2ccc(N3CCCCC3)cc2)=C(c2ccc(OC(C)C)cc2)C1=O. The molecule has 6 nitrogen and oxygen atoms in total. The second-order valence-corrected chi connectivity index (χ2v) is 8.92. The van der Waals surface area contributed by atoms with Crippen molar-refractivity contribution >= 4 is 28.8 Å². The zero-order chi connectivity index (χ0) is 23.4. The molecule has 1 fully saturated rings. The minimum Gasteiger partial charge on any atom is -0.491 e. The highest BCUT2D eigenvalue weighted by Crippen LogP contribution is 2.32. The van der Waals surface area contributed by atoms with Crippen LogP contribution in [-0.4, -0.2) is 42.5 Å². The molecule has 2 aromatic rings. The van der Waals surface area contributed by atoms with Gasteiger partial charge in [0, 0.05) is 31.0 Å². The number of ether oxygens (including phenoxy) is 1. The number of hydrogen-bond acceptors (Lipinski definition) is 5. The van der Waals surface area contributed by atoms with Crippen molar-refractivity contribution < 1.29 is 14.3 Å². The normalized spacial score (nSPS) is 16.7. The molecule has 33 heavy (non-hydrogen) atoms. The van der Waals surface area contributed by atoms with Crippen LogP contribution in [0, 0.1) is 0 Å². The Kier molecular flexibility index (Phi) is 7.02. The molecule has 0 aromatic heterocycles. The lowest BCUT2D eigenvalue weighted by Crippen LogP contribution is -2.33. The summed E-state index contributed by atoms with van der Waals surface area (Å²) >= 11 is 0. The maximum Gasteiger partial charge on any atom is 0.278 e. The fourth-order valence-corrected chi connectivity index (χ4v) is 4.41. The van der Waals surface area contributed by atoms with Gasteiger partial charge in [0.1, 0.15) is 11.4 Å². The van der Waals surface area contributed by atoms with Crippen molar-refractivity contribution in [3.05, 3.63) is 59.8 Å². The number of amides is 2. The van der Waals surface area contributed by atoms with Crippen LogP contribution in [0.2, 0.25) is 0 Å². The number of benzene rings is 2. The molecule has 0 saturated carbocycles. The van der Waals surface area contributed by atoms with Gasteiger partial charge in [0.25, 0.3) is 11.8 Å². The predicted octanol–water partition coefficient (Wildman–Crippen LogP) is 5.07. The molecule has 2 aliphatic heterocycles. The molecule has 6 heteroatoms. The van der Waals surface area contributed by atoms with Crippen LogP contribution < -0.4 is 15.0 Å². The van der Waals surface area contributed by atoms with Crippen molar-refractivity contribution in [3.63, 3.8) is 0 Å². The summed E-state index contributed by atoms with van der Waals surface area (Å²) in [7, 11) is 0. The van der Waals surface area contributed by atoms with E-state index in [2.05, 4.69) is 22.3 Å². The lowest BCUT2D eigenvalue weighted by atomic mass is 10.0. The van der Waals surface area contributed by atoms with E-state index >= 15 is 0 Å². The van der Waals surface area contributed by atoms with Crippen LogP contribution >= 0.6 is 0 Å². The Bertz CT molecular complexity index is 1020. The molecule has 4 rings (SSSR count). The first kappa shape index (κ1) is 22.9. The summed E-state index contributed by atoms with van der Waals surface area (Å²) in [5.74, 6) is 0.200. The summed E-state index contributed by atoms with van der Waals surface area (Å²) in [4.78, 5) is 30.1. The molecular formula is C27H33N3O3. The molecule has 0 atom stereocenters. The summed E-state index contributed by atoms with van der Waals surface area (Å²) in [6, 6.07) is 15.5. The van der Waals surface area contributed by atoms with Crippen molar-refractivity contribution in [2.45, 2.75) is 52.6 Å². The number of anilines is 2. The summed E-state index contributed by atoms with van der Waals surface area (Å²) in [6.45, 7) is 8.46. The average Bonchev–Trinajstić information content (AvgIpc) is 3.05. The highest BCUT2D eigenvalue weighted by atomic mass is 16.5. The molecule has 2 aromatic carbocycles. The summed E-state index contributed by atoms with van der Waals surface area (Å²) in [5, 5.41) is 3.25. The monoisotopic (exact) mass is 447 g/mol. The number of carbonyl (C=O) groups is 2. The largest absolute Gasteiger partial charge is 0.491 e. The van der Waals surface area contributed by atoms with Gasteiger partial charge in [0.15, 0.2) is 0 Å². The van der Waals surface area contributed by atoms with Crippen molar-refractivity contribution in [2.24, 2.45) is 0 Å². The molecule has 2 heterocycles. The van der Waals surface area contributed by atoms with Crippen LogP contribution in [0.1, 0.15) is 52.0 Å². The van der Waals surface area contributed by atoms with E-state index < -0.39 is 0 Å². The van der Waals surface area contributed by atoms with E-state index in [4.69, 9.17) is 4.74 Å². The number of imide groups is 1. The fraction of sp³-hybridized carbons (Fsp3) is 0.407. The van der Waals surface area contributed by atoms with Gasteiger partial charge in [-0.2, -0.15) is 0 Å². The highest BCUT2D eigenvalue weighted by molar-refractivity contribution is 6.36. The minimum absolute atomic E-state index is 0.0648. The third kappa shape index (κ3) is 5.05. The minimum atomic E-state index is -0.278. The first-order valence-electron chi connectivity index (χ1n) is 12.0. The zero-order valence-corrected chi connectivity index (χ0v) is 19.8. The van der Waals surface area contributed by atoms with E-state index in [9.17, 15) is 9.59 Å². The Morgan fingerprint density at radius 3 is 2.18 bits per heavy atom. The van der Waals surface area contributed by atoms with E-state index in [-0.39, 0.29) is 17.9 Å².